The van der Waals surface area contributed by atoms with Crippen LogP contribution in [0, 0.1) is 5.92 Å². The molecule has 0 spiro atoms. The molecule has 6 heteroatoms. The van der Waals surface area contributed by atoms with Crippen LogP contribution in [0.25, 0.3) is 0 Å². The van der Waals surface area contributed by atoms with Gasteiger partial charge in [-0.3, -0.25) is 0 Å². The second-order valence-corrected chi connectivity index (χ2v) is 6.38. The van der Waals surface area contributed by atoms with Crippen LogP contribution in [0.3, 0.4) is 0 Å². The molecule has 1 aromatic rings. The maximum atomic E-state index is 12.0. The molecule has 1 aliphatic carbocycles. The van der Waals surface area contributed by atoms with Crippen molar-refractivity contribution in [1.82, 2.24) is 9.71 Å². The first-order valence-corrected chi connectivity index (χ1v) is 7.73. The quantitative estimate of drug-likeness (QED) is 0.822. The van der Waals surface area contributed by atoms with Gasteiger partial charge in [-0.2, -0.15) is 0 Å². The summed E-state index contributed by atoms with van der Waals surface area (Å²) >= 11 is 0. The summed E-state index contributed by atoms with van der Waals surface area (Å²) < 4.78 is 26.7. The molecule has 1 aliphatic rings. The molecule has 1 saturated carbocycles. The Kier molecular flexibility index (Phi) is 4.19. The van der Waals surface area contributed by atoms with Crippen LogP contribution in [0.2, 0.25) is 0 Å². The highest BCUT2D eigenvalue weighted by molar-refractivity contribution is 7.89. The van der Waals surface area contributed by atoms with Gasteiger partial charge in [-0.15, -0.1) is 0 Å². The number of anilines is 1. The first-order chi connectivity index (χ1) is 8.62. The molecular formula is C12H19N3O2S. The van der Waals surface area contributed by atoms with Crippen molar-refractivity contribution >= 4 is 15.8 Å². The predicted molar refractivity (Wildman–Crippen MR) is 70.9 cm³/mol. The molecular weight excluding hydrogens is 250 g/mol. The lowest BCUT2D eigenvalue weighted by atomic mass is 9.83. The molecule has 1 heterocycles. The Balaban J connectivity index is 1.95. The van der Waals surface area contributed by atoms with Crippen LogP contribution in [0.15, 0.2) is 23.2 Å². The Hall–Kier alpha value is -1.14. The van der Waals surface area contributed by atoms with Crippen molar-refractivity contribution in [2.24, 2.45) is 5.92 Å². The van der Waals surface area contributed by atoms with Gasteiger partial charge >= 0.3 is 0 Å². The molecule has 1 fully saturated rings. The number of hydrogen-bond acceptors (Lipinski definition) is 4. The summed E-state index contributed by atoms with van der Waals surface area (Å²) in [6.07, 6.45) is 6.19. The van der Waals surface area contributed by atoms with Gasteiger partial charge in [-0.05, 0) is 18.4 Å². The summed E-state index contributed by atoms with van der Waals surface area (Å²) in [5.74, 6) is 1.26. The van der Waals surface area contributed by atoms with Crippen molar-refractivity contribution in [3.05, 3.63) is 18.3 Å². The van der Waals surface area contributed by atoms with Crippen LogP contribution in [-0.2, 0) is 10.0 Å². The van der Waals surface area contributed by atoms with E-state index < -0.39 is 10.0 Å². The number of sulfonamides is 1. The molecule has 0 aromatic carbocycles. The Morgan fingerprint density at radius 1 is 1.44 bits per heavy atom. The third-order valence-corrected chi connectivity index (χ3v) is 4.83. The molecule has 1 aromatic heterocycles. The smallest absolute Gasteiger partial charge is 0.240 e. The molecule has 18 heavy (non-hydrogen) atoms. The van der Waals surface area contributed by atoms with Gasteiger partial charge in [0.15, 0.2) is 0 Å². The normalized spacial score (nSPS) is 16.3. The fourth-order valence-corrected chi connectivity index (χ4v) is 3.04. The van der Waals surface area contributed by atoms with Crippen molar-refractivity contribution in [3.8, 4) is 0 Å². The van der Waals surface area contributed by atoms with Crippen molar-refractivity contribution in [2.45, 2.75) is 30.6 Å². The molecule has 0 amide bonds. The van der Waals surface area contributed by atoms with E-state index in [1.165, 1.54) is 37.6 Å². The highest BCUT2D eigenvalue weighted by atomic mass is 32.2. The van der Waals surface area contributed by atoms with Gasteiger partial charge in [0.05, 0.1) is 4.90 Å². The van der Waals surface area contributed by atoms with E-state index in [2.05, 4.69) is 15.0 Å². The van der Waals surface area contributed by atoms with Crippen LogP contribution >= 0.6 is 0 Å². The van der Waals surface area contributed by atoms with Gasteiger partial charge in [0, 0.05) is 25.9 Å². The van der Waals surface area contributed by atoms with Crippen molar-refractivity contribution in [1.29, 1.82) is 0 Å². The standard InChI is InChI=1S/C12H19N3O2S/c1-13-12-9-11(6-7-14-12)18(16,17)15-8-5-10-3-2-4-10/h6-7,9-10,15H,2-5,8H2,1H3,(H,13,14). The van der Waals surface area contributed by atoms with E-state index in [-0.39, 0.29) is 4.90 Å². The molecule has 2 rings (SSSR count). The predicted octanol–water partition coefficient (Wildman–Crippen LogP) is 1.59. The SMILES string of the molecule is CNc1cc(S(=O)(=O)NCCC2CCC2)ccn1. The minimum absolute atomic E-state index is 0.260. The van der Waals surface area contributed by atoms with Gasteiger partial charge in [-0.25, -0.2) is 18.1 Å². The molecule has 0 unspecified atom stereocenters. The summed E-state index contributed by atoms with van der Waals surface area (Å²) in [6, 6.07) is 3.04. The Bertz CT molecular complexity index is 498. The van der Waals surface area contributed by atoms with Crippen molar-refractivity contribution in [2.75, 3.05) is 18.9 Å². The molecule has 0 atom stereocenters. The number of nitrogens with zero attached hydrogens (tertiary/aromatic N) is 1. The van der Waals surface area contributed by atoms with Gasteiger partial charge < -0.3 is 5.32 Å². The third kappa shape index (κ3) is 3.20. The Morgan fingerprint density at radius 3 is 2.83 bits per heavy atom. The maximum absolute atomic E-state index is 12.0. The molecule has 2 N–H and O–H groups in total. The Morgan fingerprint density at radius 2 is 2.22 bits per heavy atom. The topological polar surface area (TPSA) is 71.1 Å². The zero-order valence-electron chi connectivity index (χ0n) is 10.5. The van der Waals surface area contributed by atoms with E-state index >= 15 is 0 Å². The second-order valence-electron chi connectivity index (χ2n) is 4.61. The molecule has 0 bridgehead atoms. The maximum Gasteiger partial charge on any atom is 0.240 e. The lowest BCUT2D eigenvalue weighted by Gasteiger charge is -2.25. The van der Waals surface area contributed by atoms with Crippen LogP contribution in [0.5, 0.6) is 0 Å². The fraction of sp³-hybridized carbons (Fsp3) is 0.583. The number of aromatic nitrogens is 1. The molecule has 0 saturated heterocycles. The summed E-state index contributed by atoms with van der Waals surface area (Å²) in [6.45, 7) is 0.518. The van der Waals surface area contributed by atoms with Gasteiger partial charge in [0.1, 0.15) is 5.82 Å². The average molecular weight is 269 g/mol. The largest absolute Gasteiger partial charge is 0.373 e. The summed E-state index contributed by atoms with van der Waals surface area (Å²) in [5.41, 5.74) is 0. The summed E-state index contributed by atoms with van der Waals surface area (Å²) in [7, 11) is -1.69. The summed E-state index contributed by atoms with van der Waals surface area (Å²) in [4.78, 5) is 4.26. The molecule has 0 radical (unpaired) electrons. The van der Waals surface area contributed by atoms with Crippen LogP contribution in [-0.4, -0.2) is 27.0 Å². The number of pyridine rings is 1. The van der Waals surface area contributed by atoms with Gasteiger partial charge in [0.25, 0.3) is 0 Å². The van der Waals surface area contributed by atoms with Gasteiger partial charge in [-0.1, -0.05) is 19.3 Å². The first kappa shape index (κ1) is 13.3. The molecule has 5 nitrogen and oxygen atoms in total. The second kappa shape index (κ2) is 5.67. The number of hydrogen-bond donors (Lipinski definition) is 2. The zero-order chi connectivity index (χ0) is 13.0. The van der Waals surface area contributed by atoms with E-state index in [4.69, 9.17) is 0 Å². The summed E-state index contributed by atoms with van der Waals surface area (Å²) in [5, 5.41) is 2.83. The zero-order valence-corrected chi connectivity index (χ0v) is 11.3. The van der Waals surface area contributed by atoms with E-state index in [1.54, 1.807) is 7.05 Å². The average Bonchev–Trinajstić information content (AvgIpc) is 2.32. The van der Waals surface area contributed by atoms with Crippen molar-refractivity contribution < 1.29 is 8.42 Å². The van der Waals surface area contributed by atoms with E-state index in [1.807, 2.05) is 0 Å². The number of rotatable bonds is 6. The lowest BCUT2D eigenvalue weighted by molar-refractivity contribution is 0.297. The van der Waals surface area contributed by atoms with Crippen LogP contribution < -0.4 is 10.0 Å². The minimum Gasteiger partial charge on any atom is -0.373 e. The highest BCUT2D eigenvalue weighted by Crippen LogP contribution is 2.28. The van der Waals surface area contributed by atoms with Crippen LogP contribution in [0.4, 0.5) is 5.82 Å². The van der Waals surface area contributed by atoms with E-state index in [0.717, 1.165) is 6.42 Å². The third-order valence-electron chi connectivity index (χ3n) is 3.37. The highest BCUT2D eigenvalue weighted by Gasteiger charge is 2.19. The van der Waals surface area contributed by atoms with Crippen molar-refractivity contribution in [3.63, 3.8) is 0 Å². The molecule has 100 valence electrons. The minimum atomic E-state index is -3.40. The van der Waals surface area contributed by atoms with E-state index in [0.29, 0.717) is 18.3 Å². The Labute approximate surface area is 108 Å². The monoisotopic (exact) mass is 269 g/mol. The lowest BCUT2D eigenvalue weighted by Crippen LogP contribution is -2.27. The first-order valence-electron chi connectivity index (χ1n) is 6.25. The van der Waals surface area contributed by atoms with Crippen LogP contribution in [0.1, 0.15) is 25.7 Å². The number of nitrogens with one attached hydrogen (secondary N) is 2. The van der Waals surface area contributed by atoms with Gasteiger partial charge in [0.2, 0.25) is 10.0 Å². The van der Waals surface area contributed by atoms with E-state index in [9.17, 15) is 8.42 Å². The molecule has 0 aliphatic heterocycles. The fourth-order valence-electron chi connectivity index (χ4n) is 1.98.